The van der Waals surface area contributed by atoms with E-state index in [1.54, 1.807) is 37.3 Å². The lowest BCUT2D eigenvalue weighted by molar-refractivity contribution is -0.140. The molecule has 1 atom stereocenters. The van der Waals surface area contributed by atoms with Gasteiger partial charge >= 0.3 is 0 Å². The average Bonchev–Trinajstić information content (AvgIpc) is 2.87. The molecule has 208 valence electrons. The zero-order valence-corrected chi connectivity index (χ0v) is 23.1. The zero-order valence-electron chi connectivity index (χ0n) is 22.3. The predicted octanol–water partition coefficient (Wildman–Crippen LogP) is 3.33. The van der Waals surface area contributed by atoms with Crippen LogP contribution in [0.3, 0.4) is 0 Å². The number of sulfonamides is 1. The third-order valence-corrected chi connectivity index (χ3v) is 7.28. The molecule has 1 N–H and O–H groups in total. The third kappa shape index (κ3) is 8.08. The molecule has 2 aromatic carbocycles. The van der Waals surface area contributed by atoms with Crippen molar-refractivity contribution in [1.29, 1.82) is 0 Å². The number of amides is 2. The van der Waals surface area contributed by atoms with Gasteiger partial charge in [-0.1, -0.05) is 26.0 Å². The standard InChI is InChI=1S/C27H36FN3O6S/c1-19(2)17-29-27(33)20(3)30(18-21-7-9-22(28)10-8-21)26(32)6-5-13-31(38(4,34)35)23-11-12-24-25(16-23)37-15-14-36-24/h7-12,16,19-20H,5-6,13-15,17-18H2,1-4H3,(H,29,33). The molecule has 1 aliphatic rings. The van der Waals surface area contributed by atoms with Crippen molar-refractivity contribution in [2.75, 3.05) is 36.9 Å². The van der Waals surface area contributed by atoms with E-state index in [2.05, 4.69) is 5.32 Å². The first kappa shape index (κ1) is 29.2. The Labute approximate surface area is 224 Å². The van der Waals surface area contributed by atoms with Gasteiger partial charge in [-0.2, -0.15) is 0 Å². The molecule has 1 aliphatic heterocycles. The summed E-state index contributed by atoms with van der Waals surface area (Å²) in [5.74, 6) is 0.264. The molecule has 2 amide bonds. The highest BCUT2D eigenvalue weighted by Crippen LogP contribution is 2.34. The van der Waals surface area contributed by atoms with Crippen LogP contribution < -0.4 is 19.1 Å². The Kier molecular flexibility index (Phi) is 9.96. The molecule has 0 aromatic heterocycles. The third-order valence-electron chi connectivity index (χ3n) is 6.08. The van der Waals surface area contributed by atoms with E-state index in [1.165, 1.54) is 21.3 Å². The highest BCUT2D eigenvalue weighted by atomic mass is 32.2. The van der Waals surface area contributed by atoms with Crippen LogP contribution in [0.15, 0.2) is 42.5 Å². The molecule has 0 radical (unpaired) electrons. The monoisotopic (exact) mass is 549 g/mol. The summed E-state index contributed by atoms with van der Waals surface area (Å²) >= 11 is 0. The fraction of sp³-hybridized carbons (Fsp3) is 0.481. The highest BCUT2D eigenvalue weighted by Gasteiger charge is 2.27. The maximum atomic E-state index is 13.4. The Hall–Kier alpha value is -3.34. The maximum absolute atomic E-state index is 13.4. The minimum absolute atomic E-state index is 0.0135. The lowest BCUT2D eigenvalue weighted by Crippen LogP contribution is -2.48. The number of halogens is 1. The highest BCUT2D eigenvalue weighted by molar-refractivity contribution is 7.92. The SMILES string of the molecule is CC(C)CNC(=O)C(C)N(Cc1ccc(F)cc1)C(=O)CCCN(c1ccc2c(c1)OCCO2)S(C)(=O)=O. The van der Waals surface area contributed by atoms with Crippen molar-refractivity contribution in [1.82, 2.24) is 10.2 Å². The molecule has 0 aliphatic carbocycles. The molecule has 0 saturated carbocycles. The molecule has 3 rings (SSSR count). The average molecular weight is 550 g/mol. The molecule has 11 heteroatoms. The molecule has 0 fully saturated rings. The van der Waals surface area contributed by atoms with Crippen LogP contribution in [-0.4, -0.2) is 63.7 Å². The van der Waals surface area contributed by atoms with Gasteiger partial charge in [0.15, 0.2) is 11.5 Å². The number of carbonyl (C=O) groups excluding carboxylic acids is 2. The van der Waals surface area contributed by atoms with Crippen molar-refractivity contribution >= 4 is 27.5 Å². The first-order valence-corrected chi connectivity index (χ1v) is 14.5. The molecule has 0 saturated heterocycles. The molecule has 38 heavy (non-hydrogen) atoms. The number of rotatable bonds is 12. The van der Waals surface area contributed by atoms with Crippen LogP contribution in [0.25, 0.3) is 0 Å². The summed E-state index contributed by atoms with van der Waals surface area (Å²) < 4.78 is 50.9. The lowest BCUT2D eigenvalue weighted by Gasteiger charge is -2.30. The maximum Gasteiger partial charge on any atom is 0.242 e. The van der Waals surface area contributed by atoms with Crippen molar-refractivity contribution < 1.29 is 31.9 Å². The summed E-state index contributed by atoms with van der Waals surface area (Å²) in [5.41, 5.74) is 1.09. The van der Waals surface area contributed by atoms with Crippen LogP contribution in [0, 0.1) is 11.7 Å². The zero-order chi connectivity index (χ0) is 27.9. The summed E-state index contributed by atoms with van der Waals surface area (Å²) in [6.45, 7) is 7.04. The van der Waals surface area contributed by atoms with Gasteiger partial charge in [0.05, 0.1) is 11.9 Å². The second kappa shape index (κ2) is 12.9. The van der Waals surface area contributed by atoms with Crippen LogP contribution in [0.2, 0.25) is 0 Å². The van der Waals surface area contributed by atoms with Gasteiger partial charge in [-0.05, 0) is 49.1 Å². The molecular weight excluding hydrogens is 513 g/mol. The Bertz CT molecular complexity index is 1220. The van der Waals surface area contributed by atoms with Crippen molar-refractivity contribution in [2.45, 2.75) is 46.2 Å². The number of carbonyl (C=O) groups is 2. The van der Waals surface area contributed by atoms with E-state index in [0.717, 1.165) is 6.26 Å². The number of nitrogens with one attached hydrogen (secondary N) is 1. The number of benzene rings is 2. The number of hydrogen-bond donors (Lipinski definition) is 1. The summed E-state index contributed by atoms with van der Waals surface area (Å²) in [7, 11) is -3.65. The fourth-order valence-electron chi connectivity index (χ4n) is 4.01. The number of fused-ring (bicyclic) bond motifs is 1. The van der Waals surface area contributed by atoms with Gasteiger partial charge < -0.3 is 19.7 Å². The Morgan fingerprint density at radius 1 is 1.03 bits per heavy atom. The summed E-state index contributed by atoms with van der Waals surface area (Å²) in [4.78, 5) is 27.5. The van der Waals surface area contributed by atoms with Gasteiger partial charge in [-0.25, -0.2) is 12.8 Å². The van der Waals surface area contributed by atoms with E-state index in [4.69, 9.17) is 9.47 Å². The van der Waals surface area contributed by atoms with Crippen LogP contribution in [-0.2, 0) is 26.2 Å². The second-order valence-corrected chi connectivity index (χ2v) is 11.6. The number of anilines is 1. The molecule has 1 unspecified atom stereocenters. The Morgan fingerprint density at radius 3 is 2.32 bits per heavy atom. The summed E-state index contributed by atoms with van der Waals surface area (Å²) in [6.07, 6.45) is 1.34. The normalized spacial score (nSPS) is 13.6. The smallest absolute Gasteiger partial charge is 0.242 e. The Balaban J connectivity index is 1.72. The molecule has 0 bridgehead atoms. The fourth-order valence-corrected chi connectivity index (χ4v) is 4.97. The molecule has 1 heterocycles. The molecule has 0 spiro atoms. The van der Waals surface area contributed by atoms with Crippen LogP contribution in [0.5, 0.6) is 11.5 Å². The topological polar surface area (TPSA) is 105 Å². The van der Waals surface area contributed by atoms with Gasteiger partial charge in [0.2, 0.25) is 21.8 Å². The van der Waals surface area contributed by atoms with Crippen molar-refractivity contribution in [3.63, 3.8) is 0 Å². The van der Waals surface area contributed by atoms with E-state index in [-0.39, 0.29) is 43.7 Å². The van der Waals surface area contributed by atoms with Crippen molar-refractivity contribution in [3.05, 3.63) is 53.8 Å². The number of hydrogen-bond acceptors (Lipinski definition) is 6. The second-order valence-electron chi connectivity index (χ2n) is 9.73. The molecule has 2 aromatic rings. The van der Waals surface area contributed by atoms with E-state index in [0.29, 0.717) is 42.5 Å². The molecular formula is C27H36FN3O6S. The van der Waals surface area contributed by atoms with Crippen LogP contribution >= 0.6 is 0 Å². The van der Waals surface area contributed by atoms with Crippen molar-refractivity contribution in [3.8, 4) is 11.5 Å². The van der Waals surface area contributed by atoms with E-state index in [1.807, 2.05) is 13.8 Å². The van der Waals surface area contributed by atoms with Crippen molar-refractivity contribution in [2.24, 2.45) is 5.92 Å². The van der Waals surface area contributed by atoms with Gasteiger partial charge in [0.25, 0.3) is 0 Å². The quantitative estimate of drug-likeness (QED) is 0.436. The van der Waals surface area contributed by atoms with Crippen LogP contribution in [0.4, 0.5) is 10.1 Å². The minimum atomic E-state index is -3.65. The predicted molar refractivity (Wildman–Crippen MR) is 143 cm³/mol. The summed E-state index contributed by atoms with van der Waals surface area (Å²) in [6, 6.07) is 9.89. The largest absolute Gasteiger partial charge is 0.486 e. The number of ether oxygens (including phenoxy) is 2. The van der Waals surface area contributed by atoms with E-state index >= 15 is 0 Å². The summed E-state index contributed by atoms with van der Waals surface area (Å²) in [5, 5.41) is 2.85. The van der Waals surface area contributed by atoms with Gasteiger partial charge in [-0.3, -0.25) is 13.9 Å². The molecule has 9 nitrogen and oxygen atoms in total. The Morgan fingerprint density at radius 2 is 1.68 bits per heavy atom. The first-order chi connectivity index (χ1) is 18.0. The van der Waals surface area contributed by atoms with Gasteiger partial charge in [-0.15, -0.1) is 0 Å². The van der Waals surface area contributed by atoms with E-state index < -0.39 is 21.9 Å². The van der Waals surface area contributed by atoms with Gasteiger partial charge in [0.1, 0.15) is 25.1 Å². The lowest BCUT2D eigenvalue weighted by atomic mass is 10.1. The van der Waals surface area contributed by atoms with Gasteiger partial charge in [0, 0.05) is 32.1 Å². The minimum Gasteiger partial charge on any atom is -0.486 e. The van der Waals surface area contributed by atoms with E-state index in [9.17, 15) is 22.4 Å². The first-order valence-electron chi connectivity index (χ1n) is 12.6. The van der Waals surface area contributed by atoms with Crippen LogP contribution in [0.1, 0.15) is 39.2 Å². The number of nitrogens with zero attached hydrogens (tertiary/aromatic N) is 2.